The van der Waals surface area contributed by atoms with Crippen molar-refractivity contribution in [1.29, 1.82) is 0 Å². The summed E-state index contributed by atoms with van der Waals surface area (Å²) >= 11 is 0. The molecule has 192 valence electrons. The topological polar surface area (TPSA) is 92.3 Å². The van der Waals surface area contributed by atoms with Crippen molar-refractivity contribution in [2.24, 2.45) is 0 Å². The minimum absolute atomic E-state index is 0.233. The Hall–Kier alpha value is -5.05. The summed E-state index contributed by atoms with van der Waals surface area (Å²) in [6.07, 6.45) is 5.27. The van der Waals surface area contributed by atoms with Gasteiger partial charge in [0.2, 0.25) is 11.8 Å². The average Bonchev–Trinajstić information content (AvgIpc) is 3.53. The summed E-state index contributed by atoms with van der Waals surface area (Å²) in [7, 11) is 0. The highest BCUT2D eigenvalue weighted by atomic mass is 16.5. The second-order valence-corrected chi connectivity index (χ2v) is 9.64. The molecule has 2 aromatic carbocycles. The first-order chi connectivity index (χ1) is 19.1. The highest BCUT2D eigenvalue weighted by Crippen LogP contribution is 2.49. The van der Waals surface area contributed by atoms with E-state index in [4.69, 9.17) is 19.6 Å². The van der Waals surface area contributed by atoms with E-state index < -0.39 is 0 Å². The maximum Gasteiger partial charge on any atom is 0.230 e. The van der Waals surface area contributed by atoms with Crippen LogP contribution in [0, 0.1) is 20.8 Å². The van der Waals surface area contributed by atoms with Crippen molar-refractivity contribution in [3.63, 3.8) is 0 Å². The number of hydrogen-bond donors (Lipinski definition) is 0. The van der Waals surface area contributed by atoms with E-state index in [-0.39, 0.29) is 12.5 Å². The third-order valence-corrected chi connectivity index (χ3v) is 7.04. The molecule has 1 aliphatic rings. The fraction of sp³-hybridized carbons (Fsp3) is 0.167. The molecular formula is C30H25N7O2. The van der Waals surface area contributed by atoms with Crippen LogP contribution in [-0.2, 0) is 6.61 Å². The van der Waals surface area contributed by atoms with Crippen LogP contribution in [0.15, 0.2) is 79.4 Å². The largest absolute Gasteiger partial charge is 0.485 e. The van der Waals surface area contributed by atoms with Crippen LogP contribution >= 0.6 is 0 Å². The number of ether oxygens (including phenoxy) is 2. The minimum Gasteiger partial charge on any atom is -0.485 e. The molecular weight excluding hydrogens is 490 g/mol. The predicted octanol–water partition coefficient (Wildman–Crippen LogP) is 5.50. The number of para-hydroxylation sites is 2. The lowest BCUT2D eigenvalue weighted by molar-refractivity contribution is 0.292. The molecule has 1 atom stereocenters. The molecule has 0 saturated heterocycles. The molecule has 0 aliphatic carbocycles. The molecule has 0 spiro atoms. The molecule has 9 heteroatoms. The summed E-state index contributed by atoms with van der Waals surface area (Å²) in [6.45, 7) is 6.30. The van der Waals surface area contributed by atoms with Crippen molar-refractivity contribution >= 4 is 5.65 Å². The molecule has 4 aromatic heterocycles. The van der Waals surface area contributed by atoms with E-state index in [2.05, 4.69) is 21.1 Å². The standard InChI is InChI=1S/C30H25N7O2/c1-18-9-7-10-19(2)27(18)38-16-23-33-28-26-25(21-11-8-14-31-15-21)24-20(3)34-37(22-12-5-4-6-13-22)30(24)39-29(26)32-17-36(28)35-23/h4-15,17,25H,16H2,1-3H3/t25-/m1/s1. The summed E-state index contributed by atoms with van der Waals surface area (Å²) in [6, 6.07) is 20.0. The highest BCUT2D eigenvalue weighted by molar-refractivity contribution is 5.66. The van der Waals surface area contributed by atoms with Crippen molar-refractivity contribution in [2.75, 3.05) is 0 Å². The lowest BCUT2D eigenvalue weighted by Gasteiger charge is -2.26. The van der Waals surface area contributed by atoms with Gasteiger partial charge in [0.25, 0.3) is 0 Å². The zero-order valence-corrected chi connectivity index (χ0v) is 21.7. The van der Waals surface area contributed by atoms with Crippen molar-refractivity contribution in [3.8, 4) is 23.2 Å². The van der Waals surface area contributed by atoms with Gasteiger partial charge in [-0.1, -0.05) is 42.5 Å². The van der Waals surface area contributed by atoms with Crippen LogP contribution in [0.1, 0.15) is 45.3 Å². The fourth-order valence-corrected chi connectivity index (χ4v) is 5.27. The molecule has 0 saturated carbocycles. The van der Waals surface area contributed by atoms with Crippen LogP contribution < -0.4 is 9.47 Å². The highest BCUT2D eigenvalue weighted by Gasteiger charge is 2.38. The van der Waals surface area contributed by atoms with E-state index in [1.807, 2.05) is 86.2 Å². The van der Waals surface area contributed by atoms with E-state index in [0.29, 0.717) is 23.2 Å². The average molecular weight is 516 g/mol. The molecule has 1 aliphatic heterocycles. The minimum atomic E-state index is -0.248. The van der Waals surface area contributed by atoms with Gasteiger partial charge in [0.05, 0.1) is 28.4 Å². The van der Waals surface area contributed by atoms with Gasteiger partial charge in [-0.25, -0.2) is 19.2 Å². The quantitative estimate of drug-likeness (QED) is 0.299. The number of benzene rings is 2. The van der Waals surface area contributed by atoms with Gasteiger partial charge in [0.1, 0.15) is 18.7 Å². The third kappa shape index (κ3) is 3.82. The molecule has 9 nitrogen and oxygen atoms in total. The predicted molar refractivity (Wildman–Crippen MR) is 145 cm³/mol. The first-order valence-electron chi connectivity index (χ1n) is 12.7. The second-order valence-electron chi connectivity index (χ2n) is 9.64. The van der Waals surface area contributed by atoms with E-state index in [1.165, 1.54) is 0 Å². The number of aromatic nitrogens is 7. The van der Waals surface area contributed by atoms with Crippen LogP contribution in [0.3, 0.4) is 0 Å². The van der Waals surface area contributed by atoms with Gasteiger partial charge in [-0.2, -0.15) is 5.10 Å². The summed E-state index contributed by atoms with van der Waals surface area (Å²) in [5, 5.41) is 9.55. The van der Waals surface area contributed by atoms with Gasteiger partial charge < -0.3 is 9.47 Å². The van der Waals surface area contributed by atoms with Gasteiger partial charge in [0.15, 0.2) is 11.5 Å². The molecule has 0 bridgehead atoms. The second kappa shape index (κ2) is 9.05. The molecule has 0 N–H and O–H groups in total. The Labute approximate surface area is 224 Å². The zero-order valence-electron chi connectivity index (χ0n) is 21.7. The number of rotatable bonds is 5. The lowest BCUT2D eigenvalue weighted by atomic mass is 9.85. The van der Waals surface area contributed by atoms with Crippen LogP contribution in [0.25, 0.3) is 11.3 Å². The van der Waals surface area contributed by atoms with Gasteiger partial charge >= 0.3 is 0 Å². The van der Waals surface area contributed by atoms with Crippen LogP contribution in [0.2, 0.25) is 0 Å². The smallest absolute Gasteiger partial charge is 0.230 e. The SMILES string of the molecule is Cc1cccc(C)c1OCc1nc2c3c(ncn2n1)Oc1c(c(C)nn1-c1ccccc1)[C@H]3c1cccnc1. The molecule has 0 unspecified atom stereocenters. The summed E-state index contributed by atoms with van der Waals surface area (Å²) in [5.41, 5.74) is 7.32. The molecule has 6 aromatic rings. The molecule has 7 rings (SSSR count). The Kier molecular flexibility index (Phi) is 5.36. The lowest BCUT2D eigenvalue weighted by Crippen LogP contribution is -2.16. The maximum absolute atomic E-state index is 6.47. The Morgan fingerprint density at radius 1 is 0.897 bits per heavy atom. The molecule has 0 radical (unpaired) electrons. The number of fused-ring (bicyclic) bond motifs is 4. The zero-order chi connectivity index (χ0) is 26.5. The number of aryl methyl sites for hydroxylation is 3. The molecule has 5 heterocycles. The summed E-state index contributed by atoms with van der Waals surface area (Å²) in [4.78, 5) is 14.0. The van der Waals surface area contributed by atoms with Gasteiger partial charge in [-0.3, -0.25) is 4.98 Å². The Bertz CT molecular complexity index is 1810. The van der Waals surface area contributed by atoms with Crippen LogP contribution in [0.5, 0.6) is 17.5 Å². The van der Waals surface area contributed by atoms with E-state index in [0.717, 1.165) is 44.9 Å². The normalized spacial score (nSPS) is 14.1. The van der Waals surface area contributed by atoms with E-state index >= 15 is 0 Å². The third-order valence-electron chi connectivity index (χ3n) is 7.04. The Morgan fingerprint density at radius 3 is 2.49 bits per heavy atom. The van der Waals surface area contributed by atoms with Crippen LogP contribution in [-0.4, -0.2) is 34.3 Å². The van der Waals surface area contributed by atoms with Crippen LogP contribution in [0.4, 0.5) is 0 Å². The monoisotopic (exact) mass is 515 g/mol. The number of pyridine rings is 1. The maximum atomic E-state index is 6.47. The number of hydrogen-bond acceptors (Lipinski definition) is 7. The Morgan fingerprint density at radius 2 is 1.72 bits per heavy atom. The summed E-state index contributed by atoms with van der Waals surface area (Å²) < 4.78 is 16.1. The van der Waals surface area contributed by atoms with E-state index in [9.17, 15) is 0 Å². The van der Waals surface area contributed by atoms with Gasteiger partial charge in [-0.15, -0.1) is 5.10 Å². The first kappa shape index (κ1) is 23.1. The van der Waals surface area contributed by atoms with Crippen molar-refractivity contribution < 1.29 is 9.47 Å². The van der Waals surface area contributed by atoms with Crippen molar-refractivity contribution in [2.45, 2.75) is 33.3 Å². The molecule has 0 fully saturated rings. The molecule has 39 heavy (non-hydrogen) atoms. The summed E-state index contributed by atoms with van der Waals surface area (Å²) in [5.74, 6) is 2.26. The molecule has 0 amide bonds. The van der Waals surface area contributed by atoms with E-state index in [1.54, 1.807) is 17.0 Å². The van der Waals surface area contributed by atoms with Gasteiger partial charge in [0, 0.05) is 12.4 Å². The van der Waals surface area contributed by atoms with Crippen molar-refractivity contribution in [1.82, 2.24) is 34.3 Å². The fourth-order valence-electron chi connectivity index (χ4n) is 5.27. The van der Waals surface area contributed by atoms with Gasteiger partial charge in [-0.05, 0) is 55.7 Å². The van der Waals surface area contributed by atoms with Crippen molar-refractivity contribution in [3.05, 3.63) is 119 Å². The Balaban J connectivity index is 1.36. The number of nitrogens with zero attached hydrogens (tertiary/aromatic N) is 7. The first-order valence-corrected chi connectivity index (χ1v) is 12.7.